The molecule has 2 fully saturated rings. The van der Waals surface area contributed by atoms with E-state index in [0.717, 1.165) is 31.4 Å². The summed E-state index contributed by atoms with van der Waals surface area (Å²) in [4.78, 5) is 11.9. The molecule has 0 bridgehead atoms. The van der Waals surface area contributed by atoms with Gasteiger partial charge in [-0.1, -0.05) is 22.4 Å². The highest BCUT2D eigenvalue weighted by Gasteiger charge is 2.27. The average molecular weight is 371 g/mol. The van der Waals surface area contributed by atoms with Gasteiger partial charge in [-0.05, 0) is 69.1 Å². The Bertz CT molecular complexity index is 762. The fourth-order valence-corrected chi connectivity index (χ4v) is 3.51. The molecule has 1 N–H and O–H groups in total. The van der Waals surface area contributed by atoms with Gasteiger partial charge in [-0.3, -0.25) is 0 Å². The third-order valence-electron chi connectivity index (χ3n) is 5.13. The Balaban J connectivity index is 1.30. The van der Waals surface area contributed by atoms with Crippen LogP contribution in [-0.2, 0) is 4.74 Å². The maximum Gasteiger partial charge on any atom is 0.362 e. The number of H-pyrrole nitrogens is 1. The number of aromatic amines is 1. The molecule has 0 radical (unpaired) electrons. The average Bonchev–Trinajstić information content (AvgIpc) is 3.38. The molecular weight excluding hydrogens is 346 g/mol. The second-order valence-electron chi connectivity index (χ2n) is 7.19. The van der Waals surface area contributed by atoms with E-state index in [1.807, 2.05) is 0 Å². The number of aromatic nitrogens is 3. The van der Waals surface area contributed by atoms with Crippen molar-refractivity contribution in [2.45, 2.75) is 63.6 Å². The number of hydrogen-bond acceptors (Lipinski definition) is 6. The summed E-state index contributed by atoms with van der Waals surface area (Å²) in [7, 11) is 0. The van der Waals surface area contributed by atoms with Crippen LogP contribution >= 0.6 is 0 Å². The Kier molecular flexibility index (Phi) is 5.27. The van der Waals surface area contributed by atoms with Crippen molar-refractivity contribution in [3.05, 3.63) is 35.5 Å². The summed E-state index contributed by atoms with van der Waals surface area (Å²) in [5, 5.41) is 10.1. The third kappa shape index (κ3) is 4.40. The Morgan fingerprint density at radius 3 is 2.37 bits per heavy atom. The van der Waals surface area contributed by atoms with Crippen molar-refractivity contribution in [1.29, 1.82) is 0 Å². The van der Waals surface area contributed by atoms with Crippen LogP contribution in [0.4, 0.5) is 0 Å². The number of hydrogen-bond donors (Lipinski definition) is 1. The quantitative estimate of drug-likeness (QED) is 0.748. The van der Waals surface area contributed by atoms with Crippen molar-refractivity contribution in [3.63, 3.8) is 0 Å². The van der Waals surface area contributed by atoms with Gasteiger partial charge in [0.1, 0.15) is 11.9 Å². The summed E-state index contributed by atoms with van der Waals surface area (Å²) in [5.41, 5.74) is 1.54. The summed E-state index contributed by atoms with van der Waals surface area (Å²) in [5.74, 6) is 1.25. The molecule has 2 aliphatic rings. The molecule has 0 amide bonds. The third-order valence-corrected chi connectivity index (χ3v) is 5.13. The fourth-order valence-electron chi connectivity index (χ4n) is 3.51. The van der Waals surface area contributed by atoms with Gasteiger partial charge in [-0.2, -0.15) is 0 Å². The van der Waals surface area contributed by atoms with Crippen molar-refractivity contribution >= 4 is 5.97 Å². The zero-order valence-electron chi connectivity index (χ0n) is 15.5. The molecule has 2 saturated carbocycles. The van der Waals surface area contributed by atoms with Crippen LogP contribution in [0.1, 0.15) is 67.4 Å². The lowest BCUT2D eigenvalue weighted by Crippen LogP contribution is -2.24. The summed E-state index contributed by atoms with van der Waals surface area (Å²) in [6.45, 7) is 2.06. The lowest BCUT2D eigenvalue weighted by Gasteiger charge is -2.28. The lowest BCUT2D eigenvalue weighted by molar-refractivity contribution is 0.0508. The predicted octanol–water partition coefficient (Wildman–Crippen LogP) is 3.63. The SMILES string of the molecule is CCOC(=O)c1[nH]nnc1OC1CCC(c2ccc(OC3CC3)cc2)CC1. The summed E-state index contributed by atoms with van der Waals surface area (Å²) >= 11 is 0. The number of benzene rings is 1. The van der Waals surface area contributed by atoms with Crippen LogP contribution in [0.3, 0.4) is 0 Å². The zero-order valence-corrected chi connectivity index (χ0v) is 15.5. The highest BCUT2D eigenvalue weighted by atomic mass is 16.5. The number of carbonyl (C=O) groups excluding carboxylic acids is 1. The van der Waals surface area contributed by atoms with Gasteiger partial charge in [0, 0.05) is 0 Å². The fraction of sp³-hybridized carbons (Fsp3) is 0.550. The molecule has 7 nitrogen and oxygen atoms in total. The molecule has 1 aromatic heterocycles. The van der Waals surface area contributed by atoms with Crippen molar-refractivity contribution in [2.24, 2.45) is 0 Å². The Morgan fingerprint density at radius 2 is 1.70 bits per heavy atom. The van der Waals surface area contributed by atoms with Crippen LogP contribution < -0.4 is 9.47 Å². The molecule has 2 aliphatic carbocycles. The van der Waals surface area contributed by atoms with E-state index < -0.39 is 5.97 Å². The normalized spacial score (nSPS) is 22.3. The van der Waals surface area contributed by atoms with E-state index in [2.05, 4.69) is 39.7 Å². The van der Waals surface area contributed by atoms with Gasteiger partial charge in [-0.25, -0.2) is 9.89 Å². The van der Waals surface area contributed by atoms with Crippen molar-refractivity contribution in [3.8, 4) is 11.6 Å². The zero-order chi connectivity index (χ0) is 18.6. The highest BCUT2D eigenvalue weighted by molar-refractivity contribution is 5.89. The van der Waals surface area contributed by atoms with Gasteiger partial charge in [0.25, 0.3) is 5.88 Å². The van der Waals surface area contributed by atoms with Crippen LogP contribution in [0, 0.1) is 0 Å². The van der Waals surface area contributed by atoms with Crippen molar-refractivity contribution in [2.75, 3.05) is 6.61 Å². The van der Waals surface area contributed by atoms with Crippen molar-refractivity contribution < 1.29 is 19.0 Å². The van der Waals surface area contributed by atoms with E-state index in [9.17, 15) is 4.79 Å². The van der Waals surface area contributed by atoms with Gasteiger partial charge >= 0.3 is 5.97 Å². The number of carbonyl (C=O) groups is 1. The van der Waals surface area contributed by atoms with Gasteiger partial charge in [-0.15, -0.1) is 0 Å². The number of nitrogens with one attached hydrogen (secondary N) is 1. The number of nitrogens with zero attached hydrogens (tertiary/aromatic N) is 2. The van der Waals surface area contributed by atoms with E-state index >= 15 is 0 Å². The van der Waals surface area contributed by atoms with Gasteiger partial charge < -0.3 is 14.2 Å². The smallest absolute Gasteiger partial charge is 0.362 e. The Labute approximate surface area is 158 Å². The van der Waals surface area contributed by atoms with Crippen molar-refractivity contribution in [1.82, 2.24) is 15.4 Å². The van der Waals surface area contributed by atoms with E-state index in [1.54, 1.807) is 6.92 Å². The van der Waals surface area contributed by atoms with Crippen LogP contribution in [0.5, 0.6) is 11.6 Å². The van der Waals surface area contributed by atoms with Crippen LogP contribution in [0.2, 0.25) is 0 Å². The molecule has 1 aromatic carbocycles. The summed E-state index contributed by atoms with van der Waals surface area (Å²) in [6, 6.07) is 8.52. The second kappa shape index (κ2) is 7.98. The molecule has 0 aliphatic heterocycles. The minimum atomic E-state index is -0.486. The number of rotatable bonds is 7. The molecule has 2 aromatic rings. The largest absolute Gasteiger partial charge is 0.490 e. The minimum absolute atomic E-state index is 0.0389. The standard InChI is InChI=1S/C20H25N3O4/c1-2-25-20(24)18-19(22-23-21-18)27-17-9-5-14(6-10-17)13-3-7-15(8-4-13)26-16-11-12-16/h3-4,7-8,14,16-17H,2,5-6,9-12H2,1H3,(H,21,22,23). The predicted molar refractivity (Wildman–Crippen MR) is 98.1 cm³/mol. The first-order chi connectivity index (χ1) is 13.2. The van der Waals surface area contributed by atoms with Crippen LogP contribution in [0.25, 0.3) is 0 Å². The monoisotopic (exact) mass is 371 g/mol. The maximum atomic E-state index is 11.9. The first-order valence-corrected chi connectivity index (χ1v) is 9.74. The first-order valence-electron chi connectivity index (χ1n) is 9.74. The number of esters is 1. The van der Waals surface area contributed by atoms with Gasteiger partial charge in [0.2, 0.25) is 5.69 Å². The molecule has 4 rings (SSSR count). The lowest BCUT2D eigenvalue weighted by atomic mass is 9.83. The van der Waals surface area contributed by atoms with E-state index in [-0.39, 0.29) is 17.7 Å². The number of ether oxygens (including phenoxy) is 3. The van der Waals surface area contributed by atoms with Gasteiger partial charge in [0.15, 0.2) is 0 Å². The van der Waals surface area contributed by atoms with E-state index in [0.29, 0.717) is 18.6 Å². The summed E-state index contributed by atoms with van der Waals surface area (Å²) in [6.07, 6.45) is 6.74. The van der Waals surface area contributed by atoms with E-state index in [1.165, 1.54) is 18.4 Å². The molecule has 1 heterocycles. The van der Waals surface area contributed by atoms with Gasteiger partial charge in [0.05, 0.1) is 12.7 Å². The molecular formula is C20H25N3O4. The van der Waals surface area contributed by atoms with Crippen LogP contribution in [-0.4, -0.2) is 40.2 Å². The molecule has 0 saturated heterocycles. The van der Waals surface area contributed by atoms with Crippen LogP contribution in [0.15, 0.2) is 24.3 Å². The first kappa shape index (κ1) is 17.8. The van der Waals surface area contributed by atoms with E-state index in [4.69, 9.17) is 14.2 Å². The Morgan fingerprint density at radius 1 is 1.04 bits per heavy atom. The summed E-state index contributed by atoms with van der Waals surface area (Å²) < 4.78 is 16.7. The molecule has 0 atom stereocenters. The molecule has 144 valence electrons. The molecule has 0 unspecified atom stereocenters. The second-order valence-corrected chi connectivity index (χ2v) is 7.19. The molecule has 27 heavy (non-hydrogen) atoms. The topological polar surface area (TPSA) is 86.3 Å². The highest BCUT2D eigenvalue weighted by Crippen LogP contribution is 2.36. The molecule has 0 spiro atoms. The molecule has 7 heteroatoms. The minimum Gasteiger partial charge on any atom is -0.490 e. The Hall–Kier alpha value is -2.57. The maximum absolute atomic E-state index is 11.9.